The number of aromatic nitrogens is 1. The molecule has 0 amide bonds. The van der Waals surface area contributed by atoms with Gasteiger partial charge in [0, 0.05) is 28.5 Å². The summed E-state index contributed by atoms with van der Waals surface area (Å²) in [5.74, 6) is -0.301. The number of aromatic amines is 1. The maximum absolute atomic E-state index is 13.3. The highest BCUT2D eigenvalue weighted by Crippen LogP contribution is 2.22. The van der Waals surface area contributed by atoms with Crippen LogP contribution < -0.4 is 4.72 Å². The topological polar surface area (TPSA) is 62.0 Å². The van der Waals surface area contributed by atoms with E-state index < -0.39 is 10.0 Å². The van der Waals surface area contributed by atoms with Crippen molar-refractivity contribution in [3.63, 3.8) is 0 Å². The van der Waals surface area contributed by atoms with E-state index in [2.05, 4.69) is 9.71 Å². The van der Waals surface area contributed by atoms with Gasteiger partial charge in [0.05, 0.1) is 0 Å². The molecule has 0 aliphatic rings. The summed E-state index contributed by atoms with van der Waals surface area (Å²) in [5.41, 5.74) is 1.73. The van der Waals surface area contributed by atoms with E-state index in [1.165, 1.54) is 23.5 Å². The van der Waals surface area contributed by atoms with Crippen LogP contribution in [0.1, 0.15) is 17.4 Å². The summed E-state index contributed by atoms with van der Waals surface area (Å²) >= 11 is 1.29. The molecule has 0 spiro atoms. The smallest absolute Gasteiger partial charge is 0.250 e. The first-order valence-corrected chi connectivity index (χ1v) is 9.63. The molecule has 0 fully saturated rings. The Morgan fingerprint density at radius 2 is 2.09 bits per heavy atom. The average Bonchev–Trinajstić information content (AvgIpc) is 3.14. The van der Waals surface area contributed by atoms with Gasteiger partial charge in [-0.1, -0.05) is 6.92 Å². The van der Waals surface area contributed by atoms with Crippen molar-refractivity contribution in [2.75, 3.05) is 6.54 Å². The molecule has 3 aromatic rings. The van der Waals surface area contributed by atoms with E-state index in [0.29, 0.717) is 10.6 Å². The van der Waals surface area contributed by atoms with Gasteiger partial charge in [0.25, 0.3) is 0 Å². The van der Waals surface area contributed by atoms with Gasteiger partial charge in [-0.15, -0.1) is 11.3 Å². The molecule has 0 radical (unpaired) electrons. The largest absolute Gasteiger partial charge is 0.361 e. The molecule has 2 N–H and O–H groups in total. The fourth-order valence-corrected chi connectivity index (χ4v) is 4.81. The van der Waals surface area contributed by atoms with Crippen LogP contribution in [0.2, 0.25) is 0 Å². The van der Waals surface area contributed by atoms with Crippen molar-refractivity contribution < 1.29 is 12.8 Å². The van der Waals surface area contributed by atoms with E-state index in [1.807, 2.05) is 13.0 Å². The molecule has 0 saturated heterocycles. The zero-order valence-corrected chi connectivity index (χ0v) is 14.2. The molecular weight excluding hydrogens is 335 g/mol. The summed E-state index contributed by atoms with van der Waals surface area (Å²) in [6.07, 6.45) is 3.11. The Balaban J connectivity index is 1.69. The first-order chi connectivity index (χ1) is 11.0. The van der Waals surface area contributed by atoms with Gasteiger partial charge >= 0.3 is 0 Å². The predicted octanol–water partition coefficient (Wildman–Crippen LogP) is 3.45. The lowest BCUT2D eigenvalue weighted by molar-refractivity contribution is 0.584. The van der Waals surface area contributed by atoms with Crippen LogP contribution in [0.25, 0.3) is 10.9 Å². The van der Waals surface area contributed by atoms with Crippen molar-refractivity contribution in [1.29, 1.82) is 0 Å². The van der Waals surface area contributed by atoms with Gasteiger partial charge < -0.3 is 4.98 Å². The van der Waals surface area contributed by atoms with E-state index >= 15 is 0 Å². The van der Waals surface area contributed by atoms with Crippen LogP contribution in [-0.4, -0.2) is 19.9 Å². The van der Waals surface area contributed by atoms with Crippen molar-refractivity contribution in [2.45, 2.75) is 24.0 Å². The maximum Gasteiger partial charge on any atom is 0.250 e. The summed E-state index contributed by atoms with van der Waals surface area (Å²) in [5, 5.41) is 0.786. The number of halogens is 1. The number of benzene rings is 1. The number of rotatable bonds is 6. The SMILES string of the molecule is CCc1ccc(S(=O)(=O)NCCc2c[nH]c3ccc(F)cc23)s1. The number of nitrogens with one attached hydrogen (secondary N) is 2. The molecule has 7 heteroatoms. The fourth-order valence-electron chi connectivity index (χ4n) is 2.44. The molecule has 2 heterocycles. The van der Waals surface area contributed by atoms with Gasteiger partial charge in [-0.2, -0.15) is 0 Å². The third-order valence-electron chi connectivity index (χ3n) is 3.67. The normalized spacial score (nSPS) is 12.1. The lowest BCUT2D eigenvalue weighted by Crippen LogP contribution is -2.25. The molecular formula is C16H17FN2O2S2. The van der Waals surface area contributed by atoms with Gasteiger partial charge in [0.1, 0.15) is 10.0 Å². The quantitative estimate of drug-likeness (QED) is 0.714. The van der Waals surface area contributed by atoms with Crippen molar-refractivity contribution in [3.8, 4) is 0 Å². The van der Waals surface area contributed by atoms with Crippen molar-refractivity contribution >= 4 is 32.3 Å². The highest BCUT2D eigenvalue weighted by molar-refractivity contribution is 7.91. The van der Waals surface area contributed by atoms with Gasteiger partial charge in [0.15, 0.2) is 0 Å². The Hall–Kier alpha value is -1.70. The van der Waals surface area contributed by atoms with Crippen molar-refractivity contribution in [2.24, 2.45) is 0 Å². The number of H-pyrrole nitrogens is 1. The summed E-state index contributed by atoms with van der Waals surface area (Å²) in [4.78, 5) is 4.10. The lowest BCUT2D eigenvalue weighted by Gasteiger charge is -2.04. The molecule has 1 aromatic carbocycles. The molecule has 4 nitrogen and oxygen atoms in total. The third-order valence-corrected chi connectivity index (χ3v) is 6.85. The summed E-state index contributed by atoms with van der Waals surface area (Å²) in [6.45, 7) is 2.26. The van der Waals surface area contributed by atoms with Crippen LogP contribution in [0, 0.1) is 5.82 Å². The molecule has 0 aliphatic heterocycles. The highest BCUT2D eigenvalue weighted by atomic mass is 32.2. The Bertz CT molecular complexity index is 929. The minimum atomic E-state index is -3.48. The van der Waals surface area contributed by atoms with Crippen LogP contribution in [0.4, 0.5) is 4.39 Å². The Kier molecular flexibility index (Phi) is 4.52. The van der Waals surface area contributed by atoms with E-state index in [9.17, 15) is 12.8 Å². The van der Waals surface area contributed by atoms with Gasteiger partial charge in [-0.3, -0.25) is 0 Å². The minimum absolute atomic E-state index is 0.269. The van der Waals surface area contributed by atoms with Gasteiger partial charge in [-0.05, 0) is 48.7 Å². The van der Waals surface area contributed by atoms with Crippen LogP contribution in [0.15, 0.2) is 40.7 Å². The van der Waals surface area contributed by atoms with Crippen LogP contribution in [0.5, 0.6) is 0 Å². The monoisotopic (exact) mass is 352 g/mol. The van der Waals surface area contributed by atoms with E-state index in [4.69, 9.17) is 0 Å². The minimum Gasteiger partial charge on any atom is -0.361 e. The highest BCUT2D eigenvalue weighted by Gasteiger charge is 2.16. The molecule has 0 unspecified atom stereocenters. The van der Waals surface area contributed by atoms with Crippen LogP contribution in [-0.2, 0) is 22.9 Å². The maximum atomic E-state index is 13.3. The second-order valence-corrected chi connectivity index (χ2v) is 8.39. The van der Waals surface area contributed by atoms with Crippen molar-refractivity contribution in [3.05, 3.63) is 52.8 Å². The molecule has 0 aliphatic carbocycles. The lowest BCUT2D eigenvalue weighted by atomic mass is 10.1. The zero-order chi connectivity index (χ0) is 16.4. The molecule has 3 rings (SSSR count). The molecule has 0 bridgehead atoms. The zero-order valence-electron chi connectivity index (χ0n) is 12.6. The third kappa shape index (κ3) is 3.46. The standard InChI is InChI=1S/C16H17FN2O2S2/c1-2-13-4-6-16(22-13)23(20,21)19-8-7-11-10-18-15-5-3-12(17)9-14(11)15/h3-6,9-10,18-19H,2,7-8H2,1H3. The molecule has 0 saturated carbocycles. The second-order valence-electron chi connectivity index (χ2n) is 5.23. The van der Waals surface area contributed by atoms with E-state index in [-0.39, 0.29) is 12.4 Å². The van der Waals surface area contributed by atoms with Crippen molar-refractivity contribution in [1.82, 2.24) is 9.71 Å². The number of aryl methyl sites for hydroxylation is 1. The number of thiophene rings is 1. The van der Waals surface area contributed by atoms with Crippen LogP contribution in [0.3, 0.4) is 0 Å². The predicted molar refractivity (Wildman–Crippen MR) is 90.8 cm³/mol. The Morgan fingerprint density at radius 3 is 2.83 bits per heavy atom. The number of hydrogen-bond acceptors (Lipinski definition) is 3. The molecule has 23 heavy (non-hydrogen) atoms. The summed E-state index contributed by atoms with van der Waals surface area (Å²) < 4.78 is 40.8. The fraction of sp³-hybridized carbons (Fsp3) is 0.250. The summed E-state index contributed by atoms with van der Waals surface area (Å²) in [7, 11) is -3.48. The molecule has 122 valence electrons. The summed E-state index contributed by atoms with van der Waals surface area (Å²) in [6, 6.07) is 8.00. The first-order valence-electron chi connectivity index (χ1n) is 7.33. The van der Waals surface area contributed by atoms with E-state index in [0.717, 1.165) is 27.8 Å². The Labute approximate surface area is 138 Å². The number of sulfonamides is 1. The Morgan fingerprint density at radius 1 is 1.26 bits per heavy atom. The van der Waals surface area contributed by atoms with E-state index in [1.54, 1.807) is 18.3 Å². The molecule has 2 aromatic heterocycles. The average molecular weight is 352 g/mol. The van der Waals surface area contributed by atoms with Gasteiger partial charge in [0.2, 0.25) is 10.0 Å². The van der Waals surface area contributed by atoms with Crippen LogP contribution >= 0.6 is 11.3 Å². The number of hydrogen-bond donors (Lipinski definition) is 2. The molecule has 0 atom stereocenters. The second kappa shape index (κ2) is 6.43. The van der Waals surface area contributed by atoms with Gasteiger partial charge in [-0.25, -0.2) is 17.5 Å². The number of fused-ring (bicyclic) bond motifs is 1. The first kappa shape index (κ1) is 16.2.